The maximum atomic E-state index is 12.7. The molecule has 1 aliphatic rings. The zero-order valence-electron chi connectivity index (χ0n) is 16.8. The normalized spacial score (nSPS) is 15.8. The van der Waals surface area contributed by atoms with Crippen molar-refractivity contribution in [1.82, 2.24) is 14.9 Å². The van der Waals surface area contributed by atoms with Crippen LogP contribution < -0.4 is 10.6 Å². The Morgan fingerprint density at radius 1 is 1.00 bits per heavy atom. The first-order chi connectivity index (χ1) is 13.9. The van der Waals surface area contributed by atoms with Crippen LogP contribution in [0.4, 0.5) is 4.79 Å². The van der Waals surface area contributed by atoms with Crippen molar-refractivity contribution in [2.75, 3.05) is 19.6 Å². The molecule has 2 N–H and O–H groups in total. The zero-order valence-corrected chi connectivity index (χ0v) is 17.6. The summed E-state index contributed by atoms with van der Waals surface area (Å²) in [6.45, 7) is 4.19. The lowest BCUT2D eigenvalue weighted by Crippen LogP contribution is -2.40. The van der Waals surface area contributed by atoms with E-state index < -0.39 is 10.0 Å². The smallest absolute Gasteiger partial charge is 0.315 e. The molecule has 29 heavy (non-hydrogen) atoms. The molecule has 0 aliphatic carbocycles. The van der Waals surface area contributed by atoms with Crippen molar-refractivity contribution in [3.05, 3.63) is 65.7 Å². The first kappa shape index (κ1) is 21.3. The molecule has 2 amide bonds. The number of carbonyl (C=O) groups is 1. The third-order valence-electron chi connectivity index (χ3n) is 5.37. The first-order valence-corrected chi connectivity index (χ1v) is 11.5. The lowest BCUT2D eigenvalue weighted by molar-refractivity contribution is 0.235. The molecule has 0 bridgehead atoms. The molecule has 2 aromatic rings. The van der Waals surface area contributed by atoms with E-state index in [2.05, 4.69) is 10.6 Å². The summed E-state index contributed by atoms with van der Waals surface area (Å²) in [6.07, 6.45) is 2.49. The standard InChI is InChI=1S/C22H29N3O3S/c1-18-7-9-20(10-8-18)17-24-22(26)23-14-11-19-12-15-25(16-13-19)29(27,28)21-5-3-2-4-6-21/h2-10,19H,11-17H2,1H3,(H2,23,24,26). The molecule has 3 rings (SSSR count). The number of sulfonamides is 1. The van der Waals surface area contributed by atoms with E-state index >= 15 is 0 Å². The SMILES string of the molecule is Cc1ccc(CNC(=O)NCCC2CCN(S(=O)(=O)c3ccccc3)CC2)cc1. The van der Waals surface area contributed by atoms with Gasteiger partial charge in [-0.15, -0.1) is 0 Å². The predicted octanol–water partition coefficient (Wildman–Crippen LogP) is 3.29. The van der Waals surface area contributed by atoms with Gasteiger partial charge in [0.25, 0.3) is 0 Å². The molecule has 156 valence electrons. The molecule has 6 nitrogen and oxygen atoms in total. The lowest BCUT2D eigenvalue weighted by Gasteiger charge is -2.31. The minimum atomic E-state index is -3.40. The van der Waals surface area contributed by atoms with Crippen LogP contribution in [0.5, 0.6) is 0 Å². The Morgan fingerprint density at radius 3 is 2.31 bits per heavy atom. The predicted molar refractivity (Wildman–Crippen MR) is 114 cm³/mol. The zero-order chi connectivity index (χ0) is 20.7. The number of benzene rings is 2. The number of hydrogen-bond donors (Lipinski definition) is 2. The Balaban J connectivity index is 1.35. The second-order valence-corrected chi connectivity index (χ2v) is 9.48. The highest BCUT2D eigenvalue weighted by molar-refractivity contribution is 7.89. The lowest BCUT2D eigenvalue weighted by atomic mass is 9.95. The van der Waals surface area contributed by atoms with Crippen LogP contribution in [0.25, 0.3) is 0 Å². The number of nitrogens with one attached hydrogen (secondary N) is 2. The van der Waals surface area contributed by atoms with Crippen molar-refractivity contribution in [2.45, 2.75) is 37.6 Å². The summed E-state index contributed by atoms with van der Waals surface area (Å²) >= 11 is 0. The molecular weight excluding hydrogens is 386 g/mol. The maximum Gasteiger partial charge on any atom is 0.315 e. The number of piperidine rings is 1. The van der Waals surface area contributed by atoms with E-state index in [1.54, 1.807) is 28.6 Å². The number of amides is 2. The van der Waals surface area contributed by atoms with Crippen LogP contribution >= 0.6 is 0 Å². The Labute approximate surface area is 173 Å². The van der Waals surface area contributed by atoms with Gasteiger partial charge in [0.2, 0.25) is 10.0 Å². The minimum Gasteiger partial charge on any atom is -0.338 e. The highest BCUT2D eigenvalue weighted by Crippen LogP contribution is 2.25. The number of nitrogens with zero attached hydrogens (tertiary/aromatic N) is 1. The third kappa shape index (κ3) is 6.05. The molecule has 0 aromatic heterocycles. The molecule has 1 aliphatic heterocycles. The van der Waals surface area contributed by atoms with Crippen molar-refractivity contribution in [2.24, 2.45) is 5.92 Å². The fourth-order valence-corrected chi connectivity index (χ4v) is 5.01. The van der Waals surface area contributed by atoms with Gasteiger partial charge >= 0.3 is 6.03 Å². The highest BCUT2D eigenvalue weighted by Gasteiger charge is 2.29. The van der Waals surface area contributed by atoms with E-state index in [0.717, 1.165) is 24.8 Å². The Hall–Kier alpha value is -2.38. The molecule has 0 spiro atoms. The van der Waals surface area contributed by atoms with Crippen molar-refractivity contribution in [3.63, 3.8) is 0 Å². The summed E-state index contributed by atoms with van der Waals surface area (Å²) in [6, 6.07) is 16.5. The molecule has 0 unspecified atom stereocenters. The molecule has 0 saturated carbocycles. The largest absolute Gasteiger partial charge is 0.338 e. The van der Waals surface area contributed by atoms with E-state index in [0.29, 0.717) is 37.0 Å². The highest BCUT2D eigenvalue weighted by atomic mass is 32.2. The van der Waals surface area contributed by atoms with Gasteiger partial charge in [0, 0.05) is 26.2 Å². The molecule has 1 heterocycles. The van der Waals surface area contributed by atoms with E-state index in [-0.39, 0.29) is 6.03 Å². The monoisotopic (exact) mass is 415 g/mol. The quantitative estimate of drug-likeness (QED) is 0.728. The van der Waals surface area contributed by atoms with Crippen molar-refractivity contribution < 1.29 is 13.2 Å². The molecule has 7 heteroatoms. The van der Waals surface area contributed by atoms with E-state index in [1.807, 2.05) is 37.3 Å². The van der Waals surface area contributed by atoms with Crippen LogP contribution in [0.2, 0.25) is 0 Å². The van der Waals surface area contributed by atoms with Gasteiger partial charge in [-0.1, -0.05) is 48.0 Å². The van der Waals surface area contributed by atoms with Crippen molar-refractivity contribution in [1.29, 1.82) is 0 Å². The average Bonchev–Trinajstić information content (AvgIpc) is 2.74. The summed E-state index contributed by atoms with van der Waals surface area (Å²) in [5.41, 5.74) is 2.26. The van der Waals surface area contributed by atoms with Crippen LogP contribution in [-0.4, -0.2) is 38.4 Å². The van der Waals surface area contributed by atoms with Gasteiger partial charge in [-0.05, 0) is 49.8 Å². The second-order valence-electron chi connectivity index (χ2n) is 7.54. The Bertz CT molecular complexity index is 891. The summed E-state index contributed by atoms with van der Waals surface area (Å²) in [7, 11) is -3.40. The van der Waals surface area contributed by atoms with Crippen LogP contribution in [0.1, 0.15) is 30.4 Å². The Morgan fingerprint density at radius 2 is 1.66 bits per heavy atom. The summed E-state index contributed by atoms with van der Waals surface area (Å²) in [4.78, 5) is 12.3. The number of urea groups is 1. The van der Waals surface area contributed by atoms with Crippen molar-refractivity contribution in [3.8, 4) is 0 Å². The van der Waals surface area contributed by atoms with E-state index in [9.17, 15) is 13.2 Å². The van der Waals surface area contributed by atoms with Gasteiger partial charge in [0.05, 0.1) is 4.90 Å². The molecule has 2 aromatic carbocycles. The molecule has 0 atom stereocenters. The third-order valence-corrected chi connectivity index (χ3v) is 7.28. The Kier molecular flexibility index (Phi) is 7.28. The number of aryl methyl sites for hydroxylation is 1. The fraction of sp³-hybridized carbons (Fsp3) is 0.409. The van der Waals surface area contributed by atoms with Crippen LogP contribution in [0.3, 0.4) is 0 Å². The van der Waals surface area contributed by atoms with E-state index in [4.69, 9.17) is 0 Å². The fourth-order valence-electron chi connectivity index (χ4n) is 3.52. The maximum absolute atomic E-state index is 12.7. The van der Waals surface area contributed by atoms with Gasteiger partial charge < -0.3 is 10.6 Å². The van der Waals surface area contributed by atoms with Gasteiger partial charge in [0.1, 0.15) is 0 Å². The molecule has 1 saturated heterocycles. The number of hydrogen-bond acceptors (Lipinski definition) is 3. The van der Waals surface area contributed by atoms with Gasteiger partial charge in [0.15, 0.2) is 0 Å². The van der Waals surface area contributed by atoms with E-state index in [1.165, 1.54) is 5.56 Å². The second kappa shape index (κ2) is 9.89. The molecule has 1 fully saturated rings. The van der Waals surface area contributed by atoms with Crippen LogP contribution in [0, 0.1) is 12.8 Å². The van der Waals surface area contributed by atoms with Gasteiger partial charge in [-0.3, -0.25) is 0 Å². The average molecular weight is 416 g/mol. The first-order valence-electron chi connectivity index (χ1n) is 10.1. The summed E-state index contributed by atoms with van der Waals surface area (Å²) < 4.78 is 26.9. The van der Waals surface area contributed by atoms with Gasteiger partial charge in [-0.2, -0.15) is 4.31 Å². The minimum absolute atomic E-state index is 0.172. The van der Waals surface area contributed by atoms with Gasteiger partial charge in [-0.25, -0.2) is 13.2 Å². The summed E-state index contributed by atoms with van der Waals surface area (Å²) in [5.74, 6) is 0.426. The summed E-state index contributed by atoms with van der Waals surface area (Å²) in [5, 5.41) is 5.76. The number of rotatable bonds is 7. The van der Waals surface area contributed by atoms with Crippen molar-refractivity contribution >= 4 is 16.1 Å². The van der Waals surface area contributed by atoms with Crippen LogP contribution in [0.15, 0.2) is 59.5 Å². The topological polar surface area (TPSA) is 78.5 Å². The molecular formula is C22H29N3O3S. The number of carbonyl (C=O) groups excluding carboxylic acids is 1. The van der Waals surface area contributed by atoms with Crippen LogP contribution in [-0.2, 0) is 16.6 Å². The molecule has 0 radical (unpaired) electrons.